The third-order valence-corrected chi connectivity index (χ3v) is 3.88. The Morgan fingerprint density at radius 2 is 1.92 bits per heavy atom. The van der Waals surface area contributed by atoms with Crippen molar-refractivity contribution in [2.45, 2.75) is 20.0 Å². The van der Waals surface area contributed by atoms with Gasteiger partial charge in [0.2, 0.25) is 0 Å². The van der Waals surface area contributed by atoms with Crippen LogP contribution in [-0.4, -0.2) is 32.7 Å². The Kier molecular flexibility index (Phi) is 5.09. The number of rotatable bonds is 5. The summed E-state index contributed by atoms with van der Waals surface area (Å²) < 4.78 is 1.69. The molecule has 6 heteroatoms. The van der Waals surface area contributed by atoms with Crippen molar-refractivity contribution < 1.29 is 4.79 Å². The number of hydrogen-bond donors (Lipinski definition) is 1. The van der Waals surface area contributed by atoms with Crippen LogP contribution in [0.3, 0.4) is 0 Å². The molecule has 0 spiro atoms. The van der Waals surface area contributed by atoms with Crippen molar-refractivity contribution in [3.63, 3.8) is 0 Å². The van der Waals surface area contributed by atoms with Crippen LogP contribution >= 0.6 is 0 Å². The Morgan fingerprint density at radius 1 is 1.16 bits per heavy atom. The summed E-state index contributed by atoms with van der Waals surface area (Å²) in [6, 6.07) is 13.7. The predicted molar refractivity (Wildman–Crippen MR) is 96.2 cm³/mol. The first-order chi connectivity index (χ1) is 12.1. The van der Waals surface area contributed by atoms with E-state index in [0.717, 1.165) is 16.9 Å². The van der Waals surface area contributed by atoms with Crippen molar-refractivity contribution in [2.75, 3.05) is 7.05 Å². The smallest absolute Gasteiger partial charge is 0.317 e. The van der Waals surface area contributed by atoms with Gasteiger partial charge in [-0.15, -0.1) is 0 Å². The number of carbonyl (C=O) groups excluding carboxylic acids is 1. The Hall–Kier alpha value is -3.15. The Labute approximate surface area is 147 Å². The molecule has 0 unspecified atom stereocenters. The molecule has 2 amide bonds. The Balaban J connectivity index is 1.52. The van der Waals surface area contributed by atoms with Gasteiger partial charge in [0.25, 0.3) is 0 Å². The fourth-order valence-electron chi connectivity index (χ4n) is 2.41. The summed E-state index contributed by atoms with van der Waals surface area (Å²) >= 11 is 0. The number of pyridine rings is 1. The van der Waals surface area contributed by atoms with Crippen molar-refractivity contribution >= 4 is 6.03 Å². The molecule has 0 atom stereocenters. The topological polar surface area (TPSA) is 63.1 Å². The zero-order valence-corrected chi connectivity index (χ0v) is 14.4. The summed E-state index contributed by atoms with van der Waals surface area (Å²) in [5.74, 6) is 0.747. The van der Waals surface area contributed by atoms with Crippen molar-refractivity contribution in [3.8, 4) is 5.82 Å². The standard InChI is InChI=1S/C19H21N5O/c1-15-4-6-16(7-5-15)14-23(2)19(25)21-13-17-8-9-18(20-12-17)24-11-3-10-22-24/h3-12H,13-14H2,1-2H3,(H,21,25). The molecule has 1 aromatic carbocycles. The minimum Gasteiger partial charge on any atom is -0.334 e. The van der Waals surface area contributed by atoms with Gasteiger partial charge in [-0.25, -0.2) is 14.5 Å². The summed E-state index contributed by atoms with van der Waals surface area (Å²) in [4.78, 5) is 18.2. The molecule has 2 heterocycles. The van der Waals surface area contributed by atoms with Crippen LogP contribution in [0.15, 0.2) is 61.1 Å². The molecule has 1 N–H and O–H groups in total. The van der Waals surface area contributed by atoms with E-state index in [0.29, 0.717) is 13.1 Å². The van der Waals surface area contributed by atoms with Crippen LogP contribution in [0.25, 0.3) is 5.82 Å². The average Bonchev–Trinajstić information content (AvgIpc) is 3.16. The van der Waals surface area contributed by atoms with Gasteiger partial charge in [-0.2, -0.15) is 5.10 Å². The van der Waals surface area contributed by atoms with E-state index in [1.807, 2.05) is 55.6 Å². The minimum atomic E-state index is -0.114. The molecular weight excluding hydrogens is 314 g/mol. The van der Waals surface area contributed by atoms with E-state index in [2.05, 4.69) is 15.4 Å². The second kappa shape index (κ2) is 7.61. The van der Waals surface area contributed by atoms with Crippen molar-refractivity contribution in [1.29, 1.82) is 0 Å². The molecule has 0 aliphatic heterocycles. The first kappa shape index (κ1) is 16.7. The summed E-state index contributed by atoms with van der Waals surface area (Å²) in [5, 5.41) is 7.05. The molecule has 25 heavy (non-hydrogen) atoms. The molecule has 2 aromatic heterocycles. The molecule has 3 rings (SSSR count). The second-order valence-corrected chi connectivity index (χ2v) is 5.98. The molecule has 0 aliphatic rings. The van der Waals surface area contributed by atoms with Crippen LogP contribution in [0.2, 0.25) is 0 Å². The number of carbonyl (C=O) groups is 1. The van der Waals surface area contributed by atoms with Crippen LogP contribution < -0.4 is 5.32 Å². The lowest BCUT2D eigenvalue weighted by Gasteiger charge is -2.18. The SMILES string of the molecule is Cc1ccc(CN(C)C(=O)NCc2ccc(-n3cccn3)nc2)cc1. The molecule has 0 saturated heterocycles. The predicted octanol–water partition coefficient (Wildman–Crippen LogP) is 2.92. The molecular formula is C19H21N5O. The van der Waals surface area contributed by atoms with E-state index in [1.54, 1.807) is 29.0 Å². The Morgan fingerprint density at radius 3 is 2.56 bits per heavy atom. The van der Waals surface area contributed by atoms with Gasteiger partial charge < -0.3 is 10.2 Å². The lowest BCUT2D eigenvalue weighted by Crippen LogP contribution is -2.36. The molecule has 0 fully saturated rings. The minimum absolute atomic E-state index is 0.114. The van der Waals surface area contributed by atoms with E-state index in [1.165, 1.54) is 5.56 Å². The molecule has 0 radical (unpaired) electrons. The summed E-state index contributed by atoms with van der Waals surface area (Å²) in [6.45, 7) is 3.05. The maximum absolute atomic E-state index is 12.2. The summed E-state index contributed by atoms with van der Waals surface area (Å²) in [7, 11) is 1.79. The zero-order chi connectivity index (χ0) is 17.6. The van der Waals surface area contributed by atoms with Gasteiger partial charge in [-0.05, 0) is 30.2 Å². The average molecular weight is 335 g/mol. The van der Waals surface area contributed by atoms with Gasteiger partial charge in [0.1, 0.15) is 0 Å². The van der Waals surface area contributed by atoms with Crippen LogP contribution in [-0.2, 0) is 13.1 Å². The van der Waals surface area contributed by atoms with E-state index >= 15 is 0 Å². The molecule has 0 saturated carbocycles. The highest BCUT2D eigenvalue weighted by Crippen LogP contribution is 2.07. The third-order valence-electron chi connectivity index (χ3n) is 3.88. The maximum Gasteiger partial charge on any atom is 0.317 e. The van der Waals surface area contributed by atoms with Gasteiger partial charge in [0.05, 0.1) is 0 Å². The van der Waals surface area contributed by atoms with E-state index < -0.39 is 0 Å². The largest absolute Gasteiger partial charge is 0.334 e. The Bertz CT molecular complexity index is 810. The van der Waals surface area contributed by atoms with Crippen LogP contribution in [0.1, 0.15) is 16.7 Å². The number of nitrogens with one attached hydrogen (secondary N) is 1. The van der Waals surface area contributed by atoms with Gasteiger partial charge in [0, 0.05) is 38.7 Å². The number of nitrogens with zero attached hydrogens (tertiary/aromatic N) is 4. The number of aromatic nitrogens is 3. The fourth-order valence-corrected chi connectivity index (χ4v) is 2.41. The summed E-state index contributed by atoms with van der Waals surface area (Å²) in [6.07, 6.45) is 5.29. The first-order valence-electron chi connectivity index (χ1n) is 8.11. The number of amides is 2. The number of urea groups is 1. The molecule has 6 nitrogen and oxygen atoms in total. The monoisotopic (exact) mass is 335 g/mol. The van der Waals surface area contributed by atoms with Crippen LogP contribution in [0, 0.1) is 6.92 Å². The van der Waals surface area contributed by atoms with E-state index in [9.17, 15) is 4.79 Å². The molecule has 3 aromatic rings. The van der Waals surface area contributed by atoms with Crippen LogP contribution in [0.4, 0.5) is 4.79 Å². The van der Waals surface area contributed by atoms with Gasteiger partial charge in [-0.3, -0.25) is 0 Å². The lowest BCUT2D eigenvalue weighted by molar-refractivity contribution is 0.206. The third kappa shape index (κ3) is 4.44. The molecule has 0 bridgehead atoms. The highest BCUT2D eigenvalue weighted by atomic mass is 16.2. The quantitative estimate of drug-likeness (QED) is 0.780. The van der Waals surface area contributed by atoms with Crippen molar-refractivity contribution in [3.05, 3.63) is 77.7 Å². The highest BCUT2D eigenvalue weighted by molar-refractivity contribution is 5.73. The molecule has 128 valence electrons. The second-order valence-electron chi connectivity index (χ2n) is 5.98. The normalized spacial score (nSPS) is 10.5. The molecule has 0 aliphatic carbocycles. The summed E-state index contributed by atoms with van der Waals surface area (Å²) in [5.41, 5.74) is 3.25. The van der Waals surface area contributed by atoms with Gasteiger partial charge >= 0.3 is 6.03 Å². The first-order valence-corrected chi connectivity index (χ1v) is 8.11. The van der Waals surface area contributed by atoms with E-state index in [-0.39, 0.29) is 6.03 Å². The maximum atomic E-state index is 12.2. The van der Waals surface area contributed by atoms with E-state index in [4.69, 9.17) is 0 Å². The van der Waals surface area contributed by atoms with Crippen molar-refractivity contribution in [2.24, 2.45) is 0 Å². The van der Waals surface area contributed by atoms with Gasteiger partial charge in [-0.1, -0.05) is 35.9 Å². The fraction of sp³-hybridized carbons (Fsp3) is 0.211. The number of aryl methyl sites for hydroxylation is 1. The number of benzene rings is 1. The number of hydrogen-bond acceptors (Lipinski definition) is 3. The zero-order valence-electron chi connectivity index (χ0n) is 14.4. The highest BCUT2D eigenvalue weighted by Gasteiger charge is 2.09. The van der Waals surface area contributed by atoms with Crippen molar-refractivity contribution in [1.82, 2.24) is 25.0 Å². The van der Waals surface area contributed by atoms with Crippen LogP contribution in [0.5, 0.6) is 0 Å². The van der Waals surface area contributed by atoms with Gasteiger partial charge in [0.15, 0.2) is 5.82 Å². The lowest BCUT2D eigenvalue weighted by atomic mass is 10.1.